The molecule has 0 radical (unpaired) electrons. The summed E-state index contributed by atoms with van der Waals surface area (Å²) in [7, 11) is -3.52. The van der Waals surface area contributed by atoms with Crippen molar-refractivity contribution in [1.29, 1.82) is 0 Å². The summed E-state index contributed by atoms with van der Waals surface area (Å²) >= 11 is 0. The summed E-state index contributed by atoms with van der Waals surface area (Å²) in [4.78, 5) is 0.254. The lowest BCUT2D eigenvalue weighted by atomic mass is 10.2. The Morgan fingerprint density at radius 2 is 1.76 bits per heavy atom. The molecule has 1 aromatic heterocycles. The maximum Gasteiger partial charge on any atom is 0.240 e. The molecule has 0 unspecified atom stereocenters. The molecule has 4 nitrogen and oxygen atoms in total. The molecule has 0 saturated heterocycles. The van der Waals surface area contributed by atoms with Crippen LogP contribution in [0.3, 0.4) is 0 Å². The van der Waals surface area contributed by atoms with E-state index < -0.39 is 10.0 Å². The molecule has 0 aliphatic rings. The van der Waals surface area contributed by atoms with Crippen LogP contribution >= 0.6 is 0 Å². The summed E-state index contributed by atoms with van der Waals surface area (Å²) in [5.74, 6) is 0.590. The van der Waals surface area contributed by atoms with Crippen LogP contribution < -0.4 is 4.72 Å². The fraction of sp³-hybridized carbons (Fsp3) is 0.125. The monoisotopic (exact) mass is 301 g/mol. The maximum absolute atomic E-state index is 12.2. The molecule has 0 aliphatic carbocycles. The van der Waals surface area contributed by atoms with Crippen molar-refractivity contribution in [2.24, 2.45) is 0 Å². The van der Waals surface area contributed by atoms with Gasteiger partial charge in [0.1, 0.15) is 11.3 Å². The van der Waals surface area contributed by atoms with Gasteiger partial charge in [0.2, 0.25) is 10.0 Å². The number of furan rings is 1. The molecule has 21 heavy (non-hydrogen) atoms. The number of benzene rings is 2. The summed E-state index contributed by atoms with van der Waals surface area (Å²) < 4.78 is 32.5. The minimum absolute atomic E-state index is 0.130. The second kappa shape index (κ2) is 5.35. The topological polar surface area (TPSA) is 59.3 Å². The first-order valence-electron chi connectivity index (χ1n) is 6.58. The van der Waals surface area contributed by atoms with Crippen molar-refractivity contribution < 1.29 is 12.8 Å². The predicted octanol–water partition coefficient (Wildman–Crippen LogP) is 3.22. The molecule has 0 atom stereocenters. The molecule has 0 aliphatic heterocycles. The summed E-state index contributed by atoms with van der Waals surface area (Å²) in [5, 5.41) is 0.960. The Hall–Kier alpha value is -2.11. The van der Waals surface area contributed by atoms with E-state index in [1.54, 1.807) is 24.3 Å². The molecular formula is C16H15NO3S. The summed E-state index contributed by atoms with van der Waals surface area (Å²) in [6, 6.07) is 16.2. The highest BCUT2D eigenvalue weighted by Crippen LogP contribution is 2.19. The van der Waals surface area contributed by atoms with Crippen LogP contribution in [0.2, 0.25) is 0 Å². The van der Waals surface area contributed by atoms with E-state index in [0.29, 0.717) is 5.76 Å². The van der Waals surface area contributed by atoms with Gasteiger partial charge in [-0.3, -0.25) is 0 Å². The fourth-order valence-electron chi connectivity index (χ4n) is 2.09. The quantitative estimate of drug-likeness (QED) is 0.805. The number of para-hydroxylation sites is 1. The van der Waals surface area contributed by atoms with Crippen LogP contribution in [-0.4, -0.2) is 8.42 Å². The predicted molar refractivity (Wildman–Crippen MR) is 81.4 cm³/mol. The van der Waals surface area contributed by atoms with Crippen LogP contribution in [0, 0.1) is 6.92 Å². The highest BCUT2D eigenvalue weighted by molar-refractivity contribution is 7.89. The van der Waals surface area contributed by atoms with Crippen molar-refractivity contribution in [2.45, 2.75) is 18.4 Å². The number of hydrogen-bond acceptors (Lipinski definition) is 3. The second-order valence-corrected chi connectivity index (χ2v) is 6.66. The highest BCUT2D eigenvalue weighted by atomic mass is 32.2. The molecule has 0 saturated carbocycles. The van der Waals surface area contributed by atoms with Gasteiger partial charge in [0.05, 0.1) is 11.4 Å². The Labute approximate surface area is 123 Å². The first-order chi connectivity index (χ1) is 10.0. The van der Waals surface area contributed by atoms with Gasteiger partial charge in [0.25, 0.3) is 0 Å². The molecule has 1 heterocycles. The van der Waals surface area contributed by atoms with E-state index in [-0.39, 0.29) is 11.4 Å². The average Bonchev–Trinajstić information content (AvgIpc) is 2.89. The molecule has 0 bridgehead atoms. The minimum atomic E-state index is -3.52. The molecule has 3 aromatic rings. The summed E-state index contributed by atoms with van der Waals surface area (Å²) in [6.07, 6.45) is 0. The Balaban J connectivity index is 1.78. The molecule has 2 aromatic carbocycles. The second-order valence-electron chi connectivity index (χ2n) is 4.89. The third-order valence-corrected chi connectivity index (χ3v) is 4.66. The molecule has 0 fully saturated rings. The van der Waals surface area contributed by atoms with Crippen LogP contribution in [0.5, 0.6) is 0 Å². The van der Waals surface area contributed by atoms with E-state index in [9.17, 15) is 8.42 Å². The van der Waals surface area contributed by atoms with E-state index in [4.69, 9.17) is 4.42 Å². The van der Waals surface area contributed by atoms with Crippen molar-refractivity contribution in [3.63, 3.8) is 0 Å². The van der Waals surface area contributed by atoms with Gasteiger partial charge in [-0.25, -0.2) is 13.1 Å². The Morgan fingerprint density at radius 3 is 2.48 bits per heavy atom. The van der Waals surface area contributed by atoms with Crippen molar-refractivity contribution in [3.8, 4) is 0 Å². The van der Waals surface area contributed by atoms with Crippen molar-refractivity contribution in [1.82, 2.24) is 4.72 Å². The van der Waals surface area contributed by atoms with Crippen LogP contribution in [-0.2, 0) is 16.6 Å². The van der Waals surface area contributed by atoms with Gasteiger partial charge in [0.15, 0.2) is 0 Å². The van der Waals surface area contributed by atoms with E-state index in [2.05, 4.69) is 4.72 Å². The fourth-order valence-corrected chi connectivity index (χ4v) is 3.08. The lowest BCUT2D eigenvalue weighted by Crippen LogP contribution is -2.22. The third-order valence-electron chi connectivity index (χ3n) is 3.24. The van der Waals surface area contributed by atoms with E-state index in [1.807, 2.05) is 37.3 Å². The maximum atomic E-state index is 12.2. The molecule has 0 amide bonds. The number of hydrogen-bond donors (Lipinski definition) is 1. The zero-order valence-corrected chi connectivity index (χ0v) is 12.4. The molecule has 5 heteroatoms. The Bertz CT molecular complexity index is 831. The molecule has 1 N–H and O–H groups in total. The summed E-state index contributed by atoms with van der Waals surface area (Å²) in [6.45, 7) is 2.04. The average molecular weight is 301 g/mol. The number of aryl methyl sites for hydroxylation is 1. The van der Waals surface area contributed by atoms with Crippen molar-refractivity contribution in [3.05, 3.63) is 65.9 Å². The van der Waals surface area contributed by atoms with Gasteiger partial charge in [-0.15, -0.1) is 0 Å². The van der Waals surface area contributed by atoms with Crippen LogP contribution in [0.1, 0.15) is 11.3 Å². The molecule has 3 rings (SSSR count). The van der Waals surface area contributed by atoms with E-state index in [1.165, 1.54) is 0 Å². The zero-order valence-electron chi connectivity index (χ0n) is 11.5. The number of rotatable bonds is 4. The SMILES string of the molecule is Cc1ccc(S(=O)(=O)NCc2cc3ccccc3o2)cc1. The smallest absolute Gasteiger partial charge is 0.240 e. The number of nitrogens with one attached hydrogen (secondary N) is 1. The molecule has 0 spiro atoms. The Kier molecular flexibility index (Phi) is 3.53. The van der Waals surface area contributed by atoms with Gasteiger partial charge in [-0.1, -0.05) is 35.9 Å². The Morgan fingerprint density at radius 1 is 1.05 bits per heavy atom. The molecule has 108 valence electrons. The van der Waals surface area contributed by atoms with Crippen LogP contribution in [0.25, 0.3) is 11.0 Å². The van der Waals surface area contributed by atoms with Gasteiger partial charge in [-0.05, 0) is 31.2 Å². The van der Waals surface area contributed by atoms with E-state index in [0.717, 1.165) is 16.5 Å². The normalized spacial score (nSPS) is 11.9. The first kappa shape index (κ1) is 13.9. The lowest BCUT2D eigenvalue weighted by molar-refractivity contribution is 0.530. The van der Waals surface area contributed by atoms with Gasteiger partial charge in [0, 0.05) is 5.39 Å². The van der Waals surface area contributed by atoms with Crippen molar-refractivity contribution in [2.75, 3.05) is 0 Å². The third kappa shape index (κ3) is 2.99. The molecular weight excluding hydrogens is 286 g/mol. The number of sulfonamides is 1. The minimum Gasteiger partial charge on any atom is -0.460 e. The van der Waals surface area contributed by atoms with Crippen molar-refractivity contribution >= 4 is 21.0 Å². The lowest BCUT2D eigenvalue weighted by Gasteiger charge is -2.05. The van der Waals surface area contributed by atoms with Gasteiger partial charge in [-0.2, -0.15) is 0 Å². The van der Waals surface area contributed by atoms with E-state index >= 15 is 0 Å². The highest BCUT2D eigenvalue weighted by Gasteiger charge is 2.14. The van der Waals surface area contributed by atoms with Crippen LogP contribution in [0.15, 0.2) is 63.9 Å². The standard InChI is InChI=1S/C16H15NO3S/c1-12-6-8-15(9-7-12)21(18,19)17-11-14-10-13-4-2-3-5-16(13)20-14/h2-10,17H,11H2,1H3. The zero-order chi connectivity index (χ0) is 14.9. The van der Waals surface area contributed by atoms with Crippen LogP contribution in [0.4, 0.5) is 0 Å². The van der Waals surface area contributed by atoms with Gasteiger partial charge < -0.3 is 4.42 Å². The largest absolute Gasteiger partial charge is 0.460 e. The summed E-state index contributed by atoms with van der Waals surface area (Å²) in [5.41, 5.74) is 1.77. The first-order valence-corrected chi connectivity index (χ1v) is 8.07. The van der Waals surface area contributed by atoms with Gasteiger partial charge >= 0.3 is 0 Å². The number of fused-ring (bicyclic) bond motifs is 1.